The third kappa shape index (κ3) is 9.00. The molecule has 0 heterocycles. The molecule has 0 aromatic heterocycles. The molecule has 1 amide bonds. The fourth-order valence-corrected chi connectivity index (χ4v) is 2.00. The molecule has 0 aliphatic rings. The highest BCUT2D eigenvalue weighted by molar-refractivity contribution is 7.99. The maximum atomic E-state index is 11.6. The molecular weight excluding hydrogens is 226 g/mol. The number of carbonyl (C=O) groups excluding carboxylic acids is 1. The summed E-state index contributed by atoms with van der Waals surface area (Å²) in [5.74, 6) is 1.56. The Bertz CT molecular complexity index is 179. The van der Waals surface area contributed by atoms with Crippen molar-refractivity contribution in [3.8, 4) is 0 Å². The number of rotatable bonds is 10. The van der Waals surface area contributed by atoms with Gasteiger partial charge in [-0.2, -0.15) is 0 Å². The number of hydrogen-bond donors (Lipinski definition) is 1. The number of ether oxygens (including phenoxy) is 1. The van der Waals surface area contributed by atoms with Crippen molar-refractivity contribution in [2.45, 2.75) is 19.3 Å². The second-order valence-electron chi connectivity index (χ2n) is 3.64. The summed E-state index contributed by atoms with van der Waals surface area (Å²) >= 11 is 1.60. The molecule has 4 nitrogen and oxygen atoms in total. The van der Waals surface area contributed by atoms with Crippen molar-refractivity contribution in [2.75, 3.05) is 45.4 Å². The lowest BCUT2D eigenvalue weighted by molar-refractivity contribution is -0.127. The van der Waals surface area contributed by atoms with Gasteiger partial charge in [-0.1, -0.05) is 0 Å². The van der Waals surface area contributed by atoms with Crippen molar-refractivity contribution in [1.82, 2.24) is 4.90 Å². The van der Waals surface area contributed by atoms with Gasteiger partial charge in [0.2, 0.25) is 5.91 Å². The Balaban J connectivity index is 3.42. The summed E-state index contributed by atoms with van der Waals surface area (Å²) in [5.41, 5.74) is 0. The van der Waals surface area contributed by atoms with Gasteiger partial charge in [-0.25, -0.2) is 0 Å². The topological polar surface area (TPSA) is 49.8 Å². The smallest absolute Gasteiger partial charge is 0.232 e. The highest BCUT2D eigenvalue weighted by atomic mass is 32.2. The number of carbonyl (C=O) groups is 1. The molecule has 0 atom stereocenters. The Morgan fingerprint density at radius 2 is 2.12 bits per heavy atom. The highest BCUT2D eigenvalue weighted by Crippen LogP contribution is 2.03. The maximum Gasteiger partial charge on any atom is 0.232 e. The van der Waals surface area contributed by atoms with Crippen molar-refractivity contribution in [3.63, 3.8) is 0 Å². The van der Waals surface area contributed by atoms with Gasteiger partial charge in [-0.05, 0) is 19.3 Å². The molecule has 1 N–H and O–H groups in total. The van der Waals surface area contributed by atoms with Crippen LogP contribution in [0.15, 0.2) is 0 Å². The van der Waals surface area contributed by atoms with Crippen LogP contribution in [0.5, 0.6) is 0 Å². The minimum atomic E-state index is 0.171. The van der Waals surface area contributed by atoms with Crippen LogP contribution in [0.4, 0.5) is 0 Å². The van der Waals surface area contributed by atoms with Gasteiger partial charge < -0.3 is 14.7 Å². The molecule has 0 aliphatic heterocycles. The molecule has 0 aromatic rings. The summed E-state index contributed by atoms with van der Waals surface area (Å²) in [4.78, 5) is 13.3. The number of hydrogen-bond acceptors (Lipinski definition) is 4. The largest absolute Gasteiger partial charge is 0.396 e. The summed E-state index contributed by atoms with van der Waals surface area (Å²) in [6.45, 7) is 1.71. The Morgan fingerprint density at radius 3 is 2.75 bits per heavy atom. The Labute approximate surface area is 102 Å². The fraction of sp³-hybridized carbons (Fsp3) is 0.909. The first-order valence-corrected chi connectivity index (χ1v) is 6.79. The molecule has 0 rings (SSSR count). The van der Waals surface area contributed by atoms with Crippen LogP contribution in [0, 0.1) is 0 Å². The van der Waals surface area contributed by atoms with Gasteiger partial charge in [-0.3, -0.25) is 4.79 Å². The van der Waals surface area contributed by atoms with Gasteiger partial charge in [0.1, 0.15) is 0 Å². The van der Waals surface area contributed by atoms with Crippen LogP contribution in [0.3, 0.4) is 0 Å². The monoisotopic (exact) mass is 249 g/mol. The van der Waals surface area contributed by atoms with E-state index in [1.165, 1.54) is 0 Å². The molecule has 0 spiro atoms. The first kappa shape index (κ1) is 15.7. The standard InChI is InChI=1S/C11H23NO3S/c1-12(6-4-3-5-7-13)11(14)10-16-9-8-15-2/h13H,3-10H2,1-2H3. The molecule has 0 saturated heterocycles. The summed E-state index contributed by atoms with van der Waals surface area (Å²) < 4.78 is 4.91. The van der Waals surface area contributed by atoms with Crippen molar-refractivity contribution in [2.24, 2.45) is 0 Å². The Hall–Kier alpha value is -0.260. The van der Waals surface area contributed by atoms with Crippen LogP contribution in [0.1, 0.15) is 19.3 Å². The lowest BCUT2D eigenvalue weighted by atomic mass is 10.2. The predicted octanol–water partition coefficient (Wildman–Crippen LogP) is 0.987. The van der Waals surface area contributed by atoms with E-state index in [0.717, 1.165) is 31.6 Å². The average Bonchev–Trinajstić information content (AvgIpc) is 2.29. The number of amides is 1. The lowest BCUT2D eigenvalue weighted by Gasteiger charge is -2.16. The first-order valence-electron chi connectivity index (χ1n) is 5.64. The van der Waals surface area contributed by atoms with E-state index in [2.05, 4.69) is 0 Å². The maximum absolute atomic E-state index is 11.6. The van der Waals surface area contributed by atoms with Gasteiger partial charge in [0.05, 0.1) is 12.4 Å². The zero-order valence-electron chi connectivity index (χ0n) is 10.3. The van der Waals surface area contributed by atoms with Crippen LogP contribution < -0.4 is 0 Å². The zero-order valence-corrected chi connectivity index (χ0v) is 11.1. The number of unbranched alkanes of at least 4 members (excludes halogenated alkanes) is 2. The second kappa shape index (κ2) is 11.2. The summed E-state index contributed by atoms with van der Waals surface area (Å²) in [7, 11) is 3.49. The summed E-state index contributed by atoms with van der Waals surface area (Å²) in [6.07, 6.45) is 2.76. The van der Waals surface area contributed by atoms with Crippen molar-refractivity contribution < 1.29 is 14.6 Å². The average molecular weight is 249 g/mol. The third-order valence-corrected chi connectivity index (χ3v) is 3.14. The summed E-state index contributed by atoms with van der Waals surface area (Å²) in [6, 6.07) is 0. The van der Waals surface area contributed by atoms with Crippen molar-refractivity contribution in [1.29, 1.82) is 0 Å². The van der Waals surface area contributed by atoms with E-state index in [9.17, 15) is 4.79 Å². The summed E-state index contributed by atoms with van der Waals surface area (Å²) in [5, 5.41) is 8.61. The van der Waals surface area contributed by atoms with Crippen molar-refractivity contribution >= 4 is 17.7 Å². The van der Waals surface area contributed by atoms with E-state index < -0.39 is 0 Å². The van der Waals surface area contributed by atoms with E-state index in [1.54, 1.807) is 23.8 Å². The van der Waals surface area contributed by atoms with Gasteiger partial charge in [0, 0.05) is 33.1 Å². The Kier molecular flexibility index (Phi) is 11.0. The van der Waals surface area contributed by atoms with E-state index in [1.807, 2.05) is 7.05 Å². The zero-order chi connectivity index (χ0) is 12.2. The molecule has 0 aliphatic carbocycles. The second-order valence-corrected chi connectivity index (χ2v) is 4.75. The van der Waals surface area contributed by atoms with Crippen LogP contribution in [-0.4, -0.2) is 61.3 Å². The SMILES string of the molecule is COCCSCC(=O)N(C)CCCCCO. The lowest BCUT2D eigenvalue weighted by Crippen LogP contribution is -2.29. The Morgan fingerprint density at radius 1 is 1.38 bits per heavy atom. The highest BCUT2D eigenvalue weighted by Gasteiger charge is 2.07. The molecule has 96 valence electrons. The van der Waals surface area contributed by atoms with Gasteiger partial charge in [0.25, 0.3) is 0 Å². The minimum Gasteiger partial charge on any atom is -0.396 e. The number of thioether (sulfide) groups is 1. The molecule has 0 radical (unpaired) electrons. The molecule has 16 heavy (non-hydrogen) atoms. The van der Waals surface area contributed by atoms with Gasteiger partial charge >= 0.3 is 0 Å². The van der Waals surface area contributed by atoms with Gasteiger partial charge in [0.15, 0.2) is 0 Å². The molecular formula is C11H23NO3S. The van der Waals surface area contributed by atoms with E-state index in [-0.39, 0.29) is 12.5 Å². The predicted molar refractivity (Wildman–Crippen MR) is 67.8 cm³/mol. The van der Waals surface area contributed by atoms with Crippen molar-refractivity contribution in [3.05, 3.63) is 0 Å². The molecule has 0 saturated carbocycles. The van der Waals surface area contributed by atoms with E-state index in [0.29, 0.717) is 12.4 Å². The first-order chi connectivity index (χ1) is 7.72. The number of nitrogens with zero attached hydrogens (tertiary/aromatic N) is 1. The fourth-order valence-electron chi connectivity index (χ4n) is 1.17. The van der Waals surface area contributed by atoms with Gasteiger partial charge in [-0.15, -0.1) is 11.8 Å². The number of methoxy groups -OCH3 is 1. The van der Waals surface area contributed by atoms with Crippen LogP contribution in [-0.2, 0) is 9.53 Å². The third-order valence-electron chi connectivity index (χ3n) is 2.23. The van der Waals surface area contributed by atoms with Crippen LogP contribution in [0.25, 0.3) is 0 Å². The number of aliphatic hydroxyl groups excluding tert-OH is 1. The van der Waals surface area contributed by atoms with E-state index >= 15 is 0 Å². The quantitative estimate of drug-likeness (QED) is 0.587. The van der Waals surface area contributed by atoms with Crippen LogP contribution in [0.2, 0.25) is 0 Å². The molecule has 5 heteroatoms. The molecule has 0 fully saturated rings. The molecule has 0 bridgehead atoms. The minimum absolute atomic E-state index is 0.171. The number of aliphatic hydroxyl groups is 1. The molecule has 0 aromatic carbocycles. The normalized spacial score (nSPS) is 10.4. The van der Waals surface area contributed by atoms with E-state index in [4.69, 9.17) is 9.84 Å². The van der Waals surface area contributed by atoms with Crippen LogP contribution >= 0.6 is 11.8 Å². The molecule has 0 unspecified atom stereocenters.